The molecule has 1 atom stereocenters. The second-order valence-corrected chi connectivity index (χ2v) is 9.62. The summed E-state index contributed by atoms with van der Waals surface area (Å²) < 4.78 is 34.4. The predicted octanol–water partition coefficient (Wildman–Crippen LogP) is 5.74. The van der Waals surface area contributed by atoms with Crippen molar-refractivity contribution in [1.82, 2.24) is 4.98 Å². The molecule has 0 N–H and O–H groups in total. The maximum Gasteiger partial charge on any atom is 0.312 e. The van der Waals surface area contributed by atoms with Crippen molar-refractivity contribution in [3.63, 3.8) is 0 Å². The van der Waals surface area contributed by atoms with Gasteiger partial charge < -0.3 is 28.4 Å². The summed E-state index contributed by atoms with van der Waals surface area (Å²) in [6, 6.07) is 19.8. The van der Waals surface area contributed by atoms with Gasteiger partial charge in [-0.2, -0.15) is 0 Å². The molecule has 4 aromatic rings. The van der Waals surface area contributed by atoms with Crippen molar-refractivity contribution < 1.29 is 38.0 Å². The van der Waals surface area contributed by atoms with Crippen molar-refractivity contribution in [3.05, 3.63) is 107 Å². The molecule has 6 rings (SSSR count). The molecular formula is C33H27NO8. The molecule has 212 valence electrons. The molecule has 0 bridgehead atoms. The fourth-order valence-corrected chi connectivity index (χ4v) is 5.21. The Balaban J connectivity index is 1.40. The SMILES string of the molecule is COc1cc(OC)c(OC)cc1C=C1Oc2c(ccc3c2C(c2ccccc2OCc2ccccn2)CC(=O)O3)C1=O. The van der Waals surface area contributed by atoms with Crippen molar-refractivity contribution in [3.8, 4) is 34.5 Å². The Kier molecular flexibility index (Phi) is 7.23. The maximum absolute atomic E-state index is 13.6. The first-order valence-electron chi connectivity index (χ1n) is 13.2. The molecule has 1 aromatic heterocycles. The first-order valence-corrected chi connectivity index (χ1v) is 13.2. The second kappa shape index (κ2) is 11.3. The van der Waals surface area contributed by atoms with E-state index in [4.69, 9.17) is 28.4 Å². The van der Waals surface area contributed by atoms with Gasteiger partial charge in [0.05, 0.1) is 39.0 Å². The highest BCUT2D eigenvalue weighted by molar-refractivity contribution is 6.15. The number of ether oxygens (including phenoxy) is 6. The van der Waals surface area contributed by atoms with Crippen LogP contribution in [0, 0.1) is 0 Å². The lowest BCUT2D eigenvalue weighted by molar-refractivity contribution is -0.135. The highest BCUT2D eigenvalue weighted by Gasteiger charge is 2.39. The Morgan fingerprint density at radius 1 is 0.857 bits per heavy atom. The topological polar surface area (TPSA) is 102 Å². The standard InChI is InChI=1S/C33H27NO8/c1-37-26-17-28(39-3)27(38-2)14-19(26)15-29-32(36)22-11-12-25-31(33(22)42-29)23(16-30(35)41-25)21-9-4-5-10-24(21)40-18-20-8-6-7-13-34-20/h4-15,17,23H,16,18H2,1-3H3. The number of hydrogen-bond acceptors (Lipinski definition) is 9. The molecule has 3 aromatic carbocycles. The van der Waals surface area contributed by atoms with Gasteiger partial charge in [0.1, 0.15) is 29.6 Å². The molecule has 0 amide bonds. The third-order valence-electron chi connectivity index (χ3n) is 7.20. The molecule has 0 spiro atoms. The van der Waals surface area contributed by atoms with Crippen LogP contribution >= 0.6 is 0 Å². The zero-order valence-electron chi connectivity index (χ0n) is 23.2. The van der Waals surface area contributed by atoms with Gasteiger partial charge in [-0.15, -0.1) is 0 Å². The molecule has 0 saturated carbocycles. The molecule has 0 fully saturated rings. The minimum atomic E-state index is -0.473. The molecule has 9 heteroatoms. The van der Waals surface area contributed by atoms with Gasteiger partial charge in [0.25, 0.3) is 0 Å². The van der Waals surface area contributed by atoms with Crippen LogP contribution in [0.2, 0.25) is 0 Å². The average Bonchev–Trinajstić information content (AvgIpc) is 3.34. The minimum Gasteiger partial charge on any atom is -0.496 e. The van der Waals surface area contributed by atoms with E-state index in [0.29, 0.717) is 51.2 Å². The molecule has 9 nitrogen and oxygen atoms in total. The van der Waals surface area contributed by atoms with E-state index >= 15 is 0 Å². The highest BCUT2D eigenvalue weighted by Crippen LogP contribution is 2.50. The van der Waals surface area contributed by atoms with E-state index in [0.717, 1.165) is 11.3 Å². The van der Waals surface area contributed by atoms with E-state index in [1.54, 1.807) is 36.5 Å². The van der Waals surface area contributed by atoms with Gasteiger partial charge in [-0.25, -0.2) is 0 Å². The largest absolute Gasteiger partial charge is 0.496 e. The third-order valence-corrected chi connectivity index (χ3v) is 7.20. The Morgan fingerprint density at radius 2 is 1.62 bits per heavy atom. The number of esters is 1. The third kappa shape index (κ3) is 4.89. The molecule has 1 unspecified atom stereocenters. The van der Waals surface area contributed by atoms with Gasteiger partial charge in [0.15, 0.2) is 17.3 Å². The summed E-state index contributed by atoms with van der Waals surface area (Å²) in [5, 5.41) is 0. The molecule has 2 aliphatic heterocycles. The number of hydrogen-bond donors (Lipinski definition) is 0. The number of para-hydroxylation sites is 1. The van der Waals surface area contributed by atoms with Crippen molar-refractivity contribution in [1.29, 1.82) is 0 Å². The van der Waals surface area contributed by atoms with Crippen molar-refractivity contribution in [2.75, 3.05) is 21.3 Å². The van der Waals surface area contributed by atoms with Gasteiger partial charge in [-0.05, 0) is 42.5 Å². The van der Waals surface area contributed by atoms with Crippen LogP contribution in [-0.2, 0) is 11.4 Å². The van der Waals surface area contributed by atoms with Gasteiger partial charge in [0, 0.05) is 34.9 Å². The van der Waals surface area contributed by atoms with E-state index in [9.17, 15) is 9.59 Å². The normalized spacial score (nSPS) is 16.3. The van der Waals surface area contributed by atoms with Crippen LogP contribution in [0.15, 0.2) is 78.7 Å². The van der Waals surface area contributed by atoms with Crippen LogP contribution < -0.4 is 28.4 Å². The number of methoxy groups -OCH3 is 3. The lowest BCUT2D eigenvalue weighted by Gasteiger charge is -2.27. The number of allylic oxidation sites excluding steroid dienone is 1. The molecule has 2 aliphatic rings. The zero-order chi connectivity index (χ0) is 29.2. The fraction of sp³-hybridized carbons (Fsp3) is 0.182. The van der Waals surface area contributed by atoms with Crippen LogP contribution in [0.1, 0.15) is 45.1 Å². The summed E-state index contributed by atoms with van der Waals surface area (Å²) >= 11 is 0. The summed E-state index contributed by atoms with van der Waals surface area (Å²) in [5.74, 6) is 1.65. The van der Waals surface area contributed by atoms with Gasteiger partial charge in [-0.1, -0.05) is 24.3 Å². The number of carbonyl (C=O) groups excluding carboxylic acids is 2. The molecule has 3 heterocycles. The van der Waals surface area contributed by atoms with E-state index in [1.807, 2.05) is 42.5 Å². The van der Waals surface area contributed by atoms with E-state index in [-0.39, 0.29) is 30.5 Å². The number of ketones is 1. The molecular weight excluding hydrogens is 538 g/mol. The fourth-order valence-electron chi connectivity index (χ4n) is 5.21. The van der Waals surface area contributed by atoms with E-state index in [2.05, 4.69) is 4.98 Å². The quantitative estimate of drug-likeness (QED) is 0.150. The minimum absolute atomic E-state index is 0.0491. The number of rotatable bonds is 8. The summed E-state index contributed by atoms with van der Waals surface area (Å²) in [6.07, 6.45) is 3.36. The number of benzene rings is 3. The smallest absolute Gasteiger partial charge is 0.312 e. The summed E-state index contributed by atoms with van der Waals surface area (Å²) in [7, 11) is 4.59. The van der Waals surface area contributed by atoms with E-state index in [1.165, 1.54) is 21.3 Å². The monoisotopic (exact) mass is 565 g/mol. The van der Waals surface area contributed by atoms with Crippen LogP contribution in [-0.4, -0.2) is 38.1 Å². The summed E-state index contributed by atoms with van der Waals surface area (Å²) in [4.78, 5) is 30.6. The van der Waals surface area contributed by atoms with Crippen molar-refractivity contribution >= 4 is 17.8 Å². The van der Waals surface area contributed by atoms with Crippen LogP contribution in [0.5, 0.6) is 34.5 Å². The number of fused-ring (bicyclic) bond motifs is 3. The zero-order valence-corrected chi connectivity index (χ0v) is 23.2. The predicted molar refractivity (Wildman–Crippen MR) is 153 cm³/mol. The van der Waals surface area contributed by atoms with E-state index < -0.39 is 5.92 Å². The molecule has 0 aliphatic carbocycles. The van der Waals surface area contributed by atoms with Crippen molar-refractivity contribution in [2.45, 2.75) is 18.9 Å². The Hall–Kier alpha value is -5.31. The lowest BCUT2D eigenvalue weighted by Crippen LogP contribution is -2.22. The molecule has 0 saturated heterocycles. The van der Waals surface area contributed by atoms with Gasteiger partial charge >= 0.3 is 5.97 Å². The second-order valence-electron chi connectivity index (χ2n) is 9.62. The molecule has 42 heavy (non-hydrogen) atoms. The number of carbonyl (C=O) groups is 2. The maximum atomic E-state index is 13.6. The number of Topliss-reactive ketones (excluding diaryl/α,β-unsaturated/α-hetero) is 1. The summed E-state index contributed by atoms with van der Waals surface area (Å²) in [6.45, 7) is 0.254. The number of nitrogens with zero attached hydrogens (tertiary/aromatic N) is 1. The number of aromatic nitrogens is 1. The number of pyridine rings is 1. The van der Waals surface area contributed by atoms with Crippen LogP contribution in [0.25, 0.3) is 6.08 Å². The average molecular weight is 566 g/mol. The Labute approximate surface area is 242 Å². The summed E-state index contributed by atoms with van der Waals surface area (Å²) in [5.41, 5.74) is 3.09. The first-order chi connectivity index (χ1) is 20.5. The lowest BCUT2D eigenvalue weighted by atomic mass is 9.84. The van der Waals surface area contributed by atoms with Gasteiger partial charge in [0.2, 0.25) is 5.78 Å². The highest BCUT2D eigenvalue weighted by atomic mass is 16.5. The Bertz CT molecular complexity index is 1710. The van der Waals surface area contributed by atoms with Crippen molar-refractivity contribution in [2.24, 2.45) is 0 Å². The first kappa shape index (κ1) is 26.9. The Morgan fingerprint density at radius 3 is 2.38 bits per heavy atom. The van der Waals surface area contributed by atoms with Crippen LogP contribution in [0.4, 0.5) is 0 Å². The van der Waals surface area contributed by atoms with Crippen LogP contribution in [0.3, 0.4) is 0 Å². The van der Waals surface area contributed by atoms with Gasteiger partial charge in [-0.3, -0.25) is 14.6 Å². The molecule has 0 radical (unpaired) electrons.